The number of amidine groups is 1. The van der Waals surface area contributed by atoms with Gasteiger partial charge in [-0.3, -0.25) is 15.4 Å². The Morgan fingerprint density at radius 3 is 2.56 bits per heavy atom. The van der Waals surface area contributed by atoms with Crippen LogP contribution in [0.4, 0.5) is 0 Å². The van der Waals surface area contributed by atoms with Crippen molar-refractivity contribution in [3.8, 4) is 0 Å². The molecule has 0 atom stereocenters. The monoisotopic (exact) mass is 333 g/mol. The number of hydrogen-bond donors (Lipinski definition) is 2. The van der Waals surface area contributed by atoms with E-state index in [0.29, 0.717) is 5.84 Å². The molecule has 2 rings (SSSR count). The zero-order valence-electron chi connectivity index (χ0n) is 14.9. The number of benzene rings is 1. The molecule has 0 saturated heterocycles. The number of hydrazone groups is 1. The summed E-state index contributed by atoms with van der Waals surface area (Å²) in [6.45, 7) is 11.3. The number of nitrogens with two attached hydrogens (primary N) is 1. The smallest absolute Gasteiger partial charge is 0.153 e. The molecule has 0 bridgehead atoms. The molecule has 0 unspecified atom stereocenters. The van der Waals surface area contributed by atoms with Crippen molar-refractivity contribution in [2.75, 3.05) is 7.05 Å². The van der Waals surface area contributed by atoms with Gasteiger partial charge in [-0.25, -0.2) is 0 Å². The molecular formula is C20H23N5. The highest BCUT2D eigenvalue weighted by atomic mass is 15.3. The van der Waals surface area contributed by atoms with Crippen LogP contribution in [0.2, 0.25) is 0 Å². The Hall–Kier alpha value is -3.21. The van der Waals surface area contributed by atoms with Gasteiger partial charge in [0.05, 0.1) is 11.4 Å². The van der Waals surface area contributed by atoms with Gasteiger partial charge in [-0.05, 0) is 43.4 Å². The normalized spacial score (nSPS) is 16.1. The molecule has 5 heteroatoms. The van der Waals surface area contributed by atoms with Crippen LogP contribution in [0.25, 0.3) is 6.08 Å². The number of allylic oxidation sites excluding steroid dienone is 3. The average Bonchev–Trinajstić information content (AvgIpc) is 2.61. The largest absolute Gasteiger partial charge is 0.382 e. The van der Waals surface area contributed by atoms with E-state index in [1.807, 2.05) is 44.2 Å². The number of nitrogens with zero attached hydrogens (tertiary/aromatic N) is 3. The fraction of sp³-hybridized carbons (Fsp3) is 0.150. The molecule has 5 nitrogen and oxygen atoms in total. The van der Waals surface area contributed by atoms with Crippen molar-refractivity contribution in [1.82, 2.24) is 5.43 Å². The molecule has 0 saturated carbocycles. The van der Waals surface area contributed by atoms with Gasteiger partial charge < -0.3 is 5.73 Å². The molecule has 25 heavy (non-hydrogen) atoms. The molecule has 1 aliphatic rings. The molecule has 128 valence electrons. The van der Waals surface area contributed by atoms with Crippen LogP contribution in [0.5, 0.6) is 0 Å². The Labute approximate surface area is 148 Å². The Kier molecular flexibility index (Phi) is 5.84. The van der Waals surface area contributed by atoms with Crippen LogP contribution in [0.1, 0.15) is 25.0 Å². The minimum atomic E-state index is 0.410. The maximum absolute atomic E-state index is 6.06. The first-order chi connectivity index (χ1) is 12.0. The summed E-state index contributed by atoms with van der Waals surface area (Å²) >= 11 is 0. The minimum absolute atomic E-state index is 0.410. The Balaban J connectivity index is 2.36. The topological polar surface area (TPSA) is 75.1 Å². The van der Waals surface area contributed by atoms with Crippen LogP contribution in [0.15, 0.2) is 80.6 Å². The molecule has 1 aliphatic heterocycles. The first-order valence-corrected chi connectivity index (χ1v) is 7.86. The van der Waals surface area contributed by atoms with E-state index in [2.05, 4.69) is 39.9 Å². The van der Waals surface area contributed by atoms with Gasteiger partial charge in [-0.1, -0.05) is 36.9 Å². The summed E-state index contributed by atoms with van der Waals surface area (Å²) in [6.07, 6.45) is 5.65. The van der Waals surface area contributed by atoms with E-state index in [-0.39, 0.29) is 0 Å². The van der Waals surface area contributed by atoms with Crippen molar-refractivity contribution < 1.29 is 0 Å². The minimum Gasteiger partial charge on any atom is -0.382 e. The average molecular weight is 333 g/mol. The van der Waals surface area contributed by atoms with Crippen LogP contribution in [0, 0.1) is 0 Å². The van der Waals surface area contributed by atoms with Crippen molar-refractivity contribution >= 4 is 24.3 Å². The summed E-state index contributed by atoms with van der Waals surface area (Å²) in [7, 11) is 1.75. The van der Waals surface area contributed by atoms with Gasteiger partial charge in [0.15, 0.2) is 5.84 Å². The van der Waals surface area contributed by atoms with Gasteiger partial charge in [-0.15, -0.1) is 0 Å². The second kappa shape index (κ2) is 8.06. The third kappa shape index (κ3) is 4.20. The highest BCUT2D eigenvalue weighted by Crippen LogP contribution is 2.21. The maximum Gasteiger partial charge on any atom is 0.153 e. The molecule has 1 aromatic rings. The van der Waals surface area contributed by atoms with E-state index in [1.54, 1.807) is 13.2 Å². The fourth-order valence-corrected chi connectivity index (χ4v) is 2.51. The van der Waals surface area contributed by atoms with Crippen LogP contribution in [-0.2, 0) is 0 Å². The Morgan fingerprint density at radius 2 is 1.96 bits per heavy atom. The van der Waals surface area contributed by atoms with Crippen molar-refractivity contribution in [2.24, 2.45) is 20.8 Å². The lowest BCUT2D eigenvalue weighted by Crippen LogP contribution is -2.31. The van der Waals surface area contributed by atoms with Gasteiger partial charge in [0.1, 0.15) is 0 Å². The second-order valence-electron chi connectivity index (χ2n) is 5.67. The lowest BCUT2D eigenvalue weighted by Gasteiger charge is -2.20. The summed E-state index contributed by atoms with van der Waals surface area (Å²) in [5.74, 6) is 0.410. The standard InChI is InChI=1S/C20H23N5/c1-13(10-11-22-4)12-16-6-8-17(9-7-16)19(23-5)18-14(2)15(3)24-25-20(18)21/h6-12,24H,3-4H2,1-2,5H3,(H2,21,25)/b11-10-,13-12-,23-19?. The van der Waals surface area contributed by atoms with Gasteiger partial charge in [-0.2, -0.15) is 5.10 Å². The number of rotatable bonds is 5. The Morgan fingerprint density at radius 1 is 1.28 bits per heavy atom. The molecule has 0 spiro atoms. The molecule has 0 amide bonds. The van der Waals surface area contributed by atoms with E-state index in [0.717, 1.165) is 39.3 Å². The van der Waals surface area contributed by atoms with E-state index in [1.165, 1.54) is 0 Å². The Bertz CT molecular complexity index is 833. The quantitative estimate of drug-likeness (QED) is 0.640. The third-order valence-electron chi connectivity index (χ3n) is 3.88. The molecule has 1 aromatic carbocycles. The molecule has 1 heterocycles. The van der Waals surface area contributed by atoms with Crippen molar-refractivity contribution in [3.63, 3.8) is 0 Å². The van der Waals surface area contributed by atoms with Gasteiger partial charge in [0, 0.05) is 24.4 Å². The van der Waals surface area contributed by atoms with Crippen LogP contribution >= 0.6 is 0 Å². The zero-order chi connectivity index (χ0) is 18.4. The summed E-state index contributed by atoms with van der Waals surface area (Å²) in [4.78, 5) is 8.14. The molecular weight excluding hydrogens is 310 g/mol. The number of aliphatic imine (C=N–C) groups is 2. The number of nitrogens with one attached hydrogen (secondary N) is 1. The second-order valence-corrected chi connectivity index (χ2v) is 5.67. The summed E-state index contributed by atoms with van der Waals surface area (Å²) in [5, 5.41) is 4.10. The van der Waals surface area contributed by atoms with Crippen molar-refractivity contribution in [3.05, 3.63) is 76.7 Å². The molecule has 0 radical (unpaired) electrons. The van der Waals surface area contributed by atoms with E-state index in [4.69, 9.17) is 5.73 Å². The third-order valence-corrected chi connectivity index (χ3v) is 3.88. The van der Waals surface area contributed by atoms with Crippen molar-refractivity contribution in [1.29, 1.82) is 0 Å². The SMILES string of the molecule is C=N/C=C\C(C)=C/c1ccc(C(=NC)C2=C(C)C(=C)NN=C2N)cc1. The fourth-order valence-electron chi connectivity index (χ4n) is 2.51. The van der Waals surface area contributed by atoms with Crippen LogP contribution in [0.3, 0.4) is 0 Å². The summed E-state index contributed by atoms with van der Waals surface area (Å²) in [5.41, 5.74) is 15.3. The predicted octanol–water partition coefficient (Wildman–Crippen LogP) is 3.43. The summed E-state index contributed by atoms with van der Waals surface area (Å²) < 4.78 is 0. The first-order valence-electron chi connectivity index (χ1n) is 7.86. The lowest BCUT2D eigenvalue weighted by molar-refractivity contribution is 0.882. The molecule has 0 aromatic heterocycles. The van der Waals surface area contributed by atoms with Crippen molar-refractivity contribution in [2.45, 2.75) is 13.8 Å². The van der Waals surface area contributed by atoms with Gasteiger partial charge in [0.25, 0.3) is 0 Å². The van der Waals surface area contributed by atoms with Gasteiger partial charge >= 0.3 is 0 Å². The molecule has 0 fully saturated rings. The van der Waals surface area contributed by atoms with Crippen LogP contribution in [-0.4, -0.2) is 25.3 Å². The van der Waals surface area contributed by atoms with E-state index < -0.39 is 0 Å². The first kappa shape index (κ1) is 18.1. The van der Waals surface area contributed by atoms with E-state index >= 15 is 0 Å². The van der Waals surface area contributed by atoms with Gasteiger partial charge in [0.2, 0.25) is 0 Å². The number of hydrogen-bond acceptors (Lipinski definition) is 5. The zero-order valence-corrected chi connectivity index (χ0v) is 14.9. The highest BCUT2D eigenvalue weighted by Gasteiger charge is 2.21. The van der Waals surface area contributed by atoms with Crippen LogP contribution < -0.4 is 11.2 Å². The van der Waals surface area contributed by atoms with E-state index in [9.17, 15) is 0 Å². The highest BCUT2D eigenvalue weighted by molar-refractivity contribution is 6.30. The lowest BCUT2D eigenvalue weighted by atomic mass is 9.94. The summed E-state index contributed by atoms with van der Waals surface area (Å²) in [6, 6.07) is 8.13. The molecule has 0 aliphatic carbocycles. The predicted molar refractivity (Wildman–Crippen MR) is 108 cm³/mol. The maximum atomic E-state index is 6.06. The molecule has 3 N–H and O–H groups in total.